The summed E-state index contributed by atoms with van der Waals surface area (Å²) in [5.74, 6) is 0.122. The van der Waals surface area contributed by atoms with Crippen molar-refractivity contribution in [1.82, 2.24) is 15.3 Å². The highest BCUT2D eigenvalue weighted by Crippen LogP contribution is 2.33. The number of nitrogens with one attached hydrogen (secondary N) is 1. The summed E-state index contributed by atoms with van der Waals surface area (Å²) in [6, 6.07) is 5.01. The molecule has 0 aromatic heterocycles. The van der Waals surface area contributed by atoms with Gasteiger partial charge in [0.1, 0.15) is 5.75 Å². The van der Waals surface area contributed by atoms with Gasteiger partial charge in [0, 0.05) is 44.7 Å². The number of rotatable bonds is 5. The number of ether oxygens (including phenoxy) is 1. The molecule has 0 saturated carbocycles. The first-order valence-corrected chi connectivity index (χ1v) is 8.75. The number of carbonyl (C=O) groups excluding carboxylic acids is 3. The predicted molar refractivity (Wildman–Crippen MR) is 96.1 cm³/mol. The first-order valence-electron chi connectivity index (χ1n) is 8.75. The Morgan fingerprint density at radius 2 is 1.92 bits per heavy atom. The van der Waals surface area contributed by atoms with Crippen LogP contribution in [0.15, 0.2) is 18.2 Å². The standard InChI is InChI=1S/C18H24N4O4/c1-13(23)14-3-4-16-15(11-14)22(18(25)12-26-16)6-5-17(24)19-21-9-7-20(2)8-10-21/h3-4,11H,5-10,12H2,1-2H3,(H,19,24). The number of hydrazine groups is 1. The summed E-state index contributed by atoms with van der Waals surface area (Å²) in [5, 5.41) is 1.91. The van der Waals surface area contributed by atoms with Crippen LogP contribution in [0.5, 0.6) is 5.75 Å². The van der Waals surface area contributed by atoms with E-state index >= 15 is 0 Å². The lowest BCUT2D eigenvalue weighted by atomic mass is 10.1. The lowest BCUT2D eigenvalue weighted by molar-refractivity contribution is -0.126. The van der Waals surface area contributed by atoms with Crippen LogP contribution in [-0.2, 0) is 9.59 Å². The van der Waals surface area contributed by atoms with Gasteiger partial charge in [0.15, 0.2) is 12.4 Å². The highest BCUT2D eigenvalue weighted by Gasteiger charge is 2.27. The van der Waals surface area contributed by atoms with Crippen molar-refractivity contribution in [2.45, 2.75) is 13.3 Å². The summed E-state index contributed by atoms with van der Waals surface area (Å²) in [4.78, 5) is 39.8. The zero-order valence-corrected chi connectivity index (χ0v) is 15.2. The number of likely N-dealkylation sites (N-methyl/N-ethyl adjacent to an activating group) is 1. The molecule has 1 aromatic carbocycles. The van der Waals surface area contributed by atoms with E-state index in [-0.39, 0.29) is 37.2 Å². The number of fused-ring (bicyclic) bond motifs is 1. The normalized spacial score (nSPS) is 18.2. The molecule has 1 N–H and O–H groups in total. The van der Waals surface area contributed by atoms with Gasteiger partial charge in [-0.1, -0.05) is 0 Å². The number of carbonyl (C=O) groups is 3. The van der Waals surface area contributed by atoms with Crippen LogP contribution in [0.1, 0.15) is 23.7 Å². The fraction of sp³-hybridized carbons (Fsp3) is 0.500. The third kappa shape index (κ3) is 4.20. The molecule has 2 heterocycles. The van der Waals surface area contributed by atoms with Gasteiger partial charge in [0.25, 0.3) is 5.91 Å². The molecule has 1 saturated heterocycles. The van der Waals surface area contributed by atoms with Gasteiger partial charge in [-0.2, -0.15) is 0 Å². The fourth-order valence-electron chi connectivity index (χ4n) is 3.03. The summed E-state index contributed by atoms with van der Waals surface area (Å²) in [7, 11) is 2.05. The number of hydrogen-bond acceptors (Lipinski definition) is 6. The smallest absolute Gasteiger partial charge is 0.265 e. The van der Waals surface area contributed by atoms with Crippen molar-refractivity contribution in [3.63, 3.8) is 0 Å². The molecular weight excluding hydrogens is 336 g/mol. The molecule has 26 heavy (non-hydrogen) atoms. The van der Waals surface area contributed by atoms with E-state index in [1.807, 2.05) is 5.01 Å². The van der Waals surface area contributed by atoms with Crippen molar-refractivity contribution in [3.05, 3.63) is 23.8 Å². The fourth-order valence-corrected chi connectivity index (χ4v) is 3.03. The maximum absolute atomic E-state index is 12.2. The van der Waals surface area contributed by atoms with Crippen molar-refractivity contribution in [2.24, 2.45) is 0 Å². The number of hydrogen-bond donors (Lipinski definition) is 1. The van der Waals surface area contributed by atoms with Crippen LogP contribution < -0.4 is 15.1 Å². The minimum atomic E-state index is -0.217. The molecule has 1 aromatic rings. The Balaban J connectivity index is 1.62. The van der Waals surface area contributed by atoms with Crippen LogP contribution in [0, 0.1) is 0 Å². The lowest BCUT2D eigenvalue weighted by Crippen LogP contribution is -2.53. The van der Waals surface area contributed by atoms with Crippen molar-refractivity contribution >= 4 is 23.3 Å². The highest BCUT2D eigenvalue weighted by atomic mass is 16.5. The number of piperazine rings is 1. The molecule has 3 rings (SSSR count). The van der Waals surface area contributed by atoms with Crippen LogP contribution in [0.2, 0.25) is 0 Å². The van der Waals surface area contributed by atoms with E-state index in [0.717, 1.165) is 26.2 Å². The van der Waals surface area contributed by atoms with Crippen LogP contribution in [0.3, 0.4) is 0 Å². The minimum absolute atomic E-state index is 0.0630. The van der Waals surface area contributed by atoms with E-state index in [0.29, 0.717) is 17.0 Å². The maximum Gasteiger partial charge on any atom is 0.265 e. The number of benzene rings is 1. The first-order chi connectivity index (χ1) is 12.4. The molecule has 0 bridgehead atoms. The second-order valence-electron chi connectivity index (χ2n) is 6.65. The molecule has 2 amide bonds. The van der Waals surface area contributed by atoms with Crippen LogP contribution >= 0.6 is 0 Å². The molecular formula is C18H24N4O4. The zero-order valence-electron chi connectivity index (χ0n) is 15.2. The quantitative estimate of drug-likeness (QED) is 0.760. The number of Topliss-reactive ketones (excluding diaryl/α,β-unsaturated/α-hetero) is 1. The van der Waals surface area contributed by atoms with Gasteiger partial charge < -0.3 is 14.5 Å². The second kappa shape index (κ2) is 7.84. The van der Waals surface area contributed by atoms with Crippen molar-refractivity contribution in [3.8, 4) is 5.75 Å². The minimum Gasteiger partial charge on any atom is -0.482 e. The topological polar surface area (TPSA) is 82.2 Å². The SMILES string of the molecule is CC(=O)c1ccc2c(c1)N(CCC(=O)NN1CCN(C)CC1)C(=O)CO2. The Morgan fingerprint density at radius 3 is 2.62 bits per heavy atom. The Kier molecular flexibility index (Phi) is 5.53. The average molecular weight is 360 g/mol. The van der Waals surface area contributed by atoms with Gasteiger partial charge in [0.2, 0.25) is 5.91 Å². The molecule has 1 fully saturated rings. The summed E-state index contributed by atoms with van der Waals surface area (Å²) in [6.45, 7) is 5.03. The van der Waals surface area contributed by atoms with Gasteiger partial charge in [0.05, 0.1) is 5.69 Å². The molecule has 140 valence electrons. The van der Waals surface area contributed by atoms with Gasteiger partial charge in [-0.05, 0) is 32.2 Å². The largest absolute Gasteiger partial charge is 0.482 e. The van der Waals surface area contributed by atoms with E-state index in [2.05, 4.69) is 17.4 Å². The van der Waals surface area contributed by atoms with Crippen molar-refractivity contribution in [2.75, 3.05) is 51.3 Å². The number of nitrogens with zero attached hydrogens (tertiary/aromatic N) is 3. The molecule has 2 aliphatic rings. The second-order valence-corrected chi connectivity index (χ2v) is 6.65. The van der Waals surface area contributed by atoms with Crippen molar-refractivity contribution < 1.29 is 19.1 Å². The molecule has 0 radical (unpaired) electrons. The van der Waals surface area contributed by atoms with Crippen LogP contribution in [0.25, 0.3) is 0 Å². The molecule has 0 atom stereocenters. The Hall–Kier alpha value is -2.45. The van der Waals surface area contributed by atoms with Gasteiger partial charge in [-0.3, -0.25) is 19.8 Å². The van der Waals surface area contributed by atoms with E-state index in [1.165, 1.54) is 11.8 Å². The molecule has 0 unspecified atom stereocenters. The number of ketones is 1. The first kappa shape index (κ1) is 18.3. The molecule has 0 spiro atoms. The van der Waals surface area contributed by atoms with E-state index in [1.54, 1.807) is 18.2 Å². The molecule has 0 aliphatic carbocycles. The van der Waals surface area contributed by atoms with E-state index in [9.17, 15) is 14.4 Å². The summed E-state index contributed by atoms with van der Waals surface area (Å²) in [5.41, 5.74) is 3.94. The Labute approximate surface area is 152 Å². The van der Waals surface area contributed by atoms with Gasteiger partial charge in [-0.15, -0.1) is 0 Å². The Bertz CT molecular complexity index is 713. The molecule has 8 heteroatoms. The third-order valence-electron chi connectivity index (χ3n) is 4.66. The monoisotopic (exact) mass is 360 g/mol. The summed E-state index contributed by atoms with van der Waals surface area (Å²) in [6.07, 6.45) is 0.182. The average Bonchev–Trinajstić information content (AvgIpc) is 2.62. The van der Waals surface area contributed by atoms with E-state index in [4.69, 9.17) is 4.74 Å². The van der Waals surface area contributed by atoms with Gasteiger partial charge in [-0.25, -0.2) is 5.01 Å². The molecule has 2 aliphatic heterocycles. The predicted octanol–water partition coefficient (Wildman–Crippen LogP) is 0.283. The zero-order chi connectivity index (χ0) is 18.7. The van der Waals surface area contributed by atoms with Crippen molar-refractivity contribution in [1.29, 1.82) is 0 Å². The van der Waals surface area contributed by atoms with E-state index < -0.39 is 0 Å². The summed E-state index contributed by atoms with van der Waals surface area (Å²) >= 11 is 0. The highest BCUT2D eigenvalue weighted by molar-refractivity contribution is 6.01. The Morgan fingerprint density at radius 1 is 1.19 bits per heavy atom. The third-order valence-corrected chi connectivity index (χ3v) is 4.66. The maximum atomic E-state index is 12.2. The molecule has 8 nitrogen and oxygen atoms in total. The van der Waals surface area contributed by atoms with Crippen LogP contribution in [0.4, 0.5) is 5.69 Å². The van der Waals surface area contributed by atoms with Gasteiger partial charge >= 0.3 is 0 Å². The number of amides is 2. The van der Waals surface area contributed by atoms with Crippen LogP contribution in [-0.4, -0.2) is 73.9 Å². The summed E-state index contributed by atoms with van der Waals surface area (Å²) < 4.78 is 5.42. The number of anilines is 1. The lowest BCUT2D eigenvalue weighted by Gasteiger charge is -2.33.